The molecular weight excluding hydrogens is 1680 g/mol. The summed E-state index contributed by atoms with van der Waals surface area (Å²) >= 11 is 0. The largest absolute Gasteiger partial charge is 0.456 e. The van der Waals surface area contributed by atoms with Crippen LogP contribution in [0.3, 0.4) is 0 Å². The third-order valence-corrected chi connectivity index (χ3v) is 25.1. The molecule has 0 unspecified atom stereocenters. The van der Waals surface area contributed by atoms with E-state index in [9.17, 15) is 0 Å². The maximum absolute atomic E-state index is 6.44. The highest BCUT2D eigenvalue weighted by Gasteiger charge is 2.22. The Balaban J connectivity index is 0.000000112. The predicted molar refractivity (Wildman–Crippen MR) is 556 cm³/mol. The number of nitrogens with zero attached hydrogens (tertiary/aromatic N) is 10. The van der Waals surface area contributed by atoms with Gasteiger partial charge in [-0.3, -0.25) is 4.98 Å². The predicted octanol–water partition coefficient (Wildman–Crippen LogP) is 32.0. The van der Waals surface area contributed by atoms with Crippen LogP contribution < -0.4 is 0 Å². The van der Waals surface area contributed by atoms with Gasteiger partial charge in [0.25, 0.3) is 0 Å². The lowest BCUT2D eigenvalue weighted by Crippen LogP contribution is -2.00. The summed E-state index contributed by atoms with van der Waals surface area (Å²) < 4.78 is 18.8. The lowest BCUT2D eigenvalue weighted by Gasteiger charge is -2.11. The molecule has 0 saturated carbocycles. The van der Waals surface area contributed by atoms with Gasteiger partial charge in [-0.05, 0) is 126 Å². The van der Waals surface area contributed by atoms with Crippen molar-refractivity contribution in [3.63, 3.8) is 0 Å². The molecule has 0 radical (unpaired) electrons. The van der Waals surface area contributed by atoms with E-state index in [1.165, 1.54) is 21.9 Å². The van der Waals surface area contributed by atoms with Gasteiger partial charge in [0.05, 0.1) is 0 Å². The zero-order chi connectivity index (χ0) is 90.9. The number of furan rings is 3. The van der Waals surface area contributed by atoms with Crippen molar-refractivity contribution >= 4 is 87.4 Å². The van der Waals surface area contributed by atoms with E-state index in [4.69, 9.17) is 58.1 Å². The molecule has 7 heterocycles. The van der Waals surface area contributed by atoms with Gasteiger partial charge in [-0.2, -0.15) is 0 Å². The van der Waals surface area contributed by atoms with Gasteiger partial charge in [-0.15, -0.1) is 0 Å². The number of benzene rings is 19. The summed E-state index contributed by atoms with van der Waals surface area (Å²) in [5.41, 5.74) is 27.1. The molecule has 0 amide bonds. The first-order valence-corrected chi connectivity index (χ1v) is 45.5. The van der Waals surface area contributed by atoms with Crippen LogP contribution in [-0.2, 0) is 0 Å². The number of hydrogen-bond acceptors (Lipinski definition) is 13. The monoisotopic (exact) mass is 1750 g/mol. The molecule has 26 rings (SSSR count). The fourth-order valence-corrected chi connectivity index (χ4v) is 18.1. The molecule has 0 bridgehead atoms. The van der Waals surface area contributed by atoms with Crippen molar-refractivity contribution in [2.24, 2.45) is 0 Å². The standard InChI is InChI=1S/2C43H27N3O.C38H24N4O/c1-3-11-28(12-4-1)29-19-23-32(24-20-29)42-44-41(31-13-5-2-6-14-31)45-43(46-42)33-25-21-30(22-26-33)37-27-34-15-7-8-16-35(34)40-39(37)36-17-9-10-18-38(36)47-40;1-3-9-28(10-4-1)29-15-19-33(20-16-29)42-44-41(32-12-5-2-6-13-32)45-43(46-42)34-21-17-30(18-22-34)35-23-25-37-39(27-35)47-38-26-24-31-11-7-8-14-36(31)40(37)38;1-3-9-26(10-4-1)36-40-37(27-11-5-2-6-12-27)42-38(41-36)28-17-15-25(16-18-28)30-21-31(24-39-23-30)29-19-20-35-33(22-29)32-13-7-8-14-34(32)43-35/h2*1-27H;1-24H. The number of para-hydroxylation sites is 2. The minimum absolute atomic E-state index is 0.630. The van der Waals surface area contributed by atoms with Crippen LogP contribution in [0.4, 0.5) is 0 Å². The van der Waals surface area contributed by atoms with Gasteiger partial charge in [0.1, 0.15) is 33.5 Å². The molecule has 0 N–H and O–H groups in total. The Kier molecular flexibility index (Phi) is 21.3. The first kappa shape index (κ1) is 81.5. The van der Waals surface area contributed by atoms with Gasteiger partial charge in [0, 0.05) is 111 Å². The molecule has 0 spiro atoms. The van der Waals surface area contributed by atoms with Crippen LogP contribution >= 0.6 is 0 Å². The van der Waals surface area contributed by atoms with E-state index in [1.807, 2.05) is 182 Å². The van der Waals surface area contributed by atoms with Crippen molar-refractivity contribution in [3.05, 3.63) is 473 Å². The molecule has 0 atom stereocenters. The average Bonchev–Trinajstić information content (AvgIpc) is 1.59. The van der Waals surface area contributed by atoms with Crippen LogP contribution in [0, 0.1) is 0 Å². The topological polar surface area (TPSA) is 168 Å². The number of rotatable bonds is 15. The molecule has 0 saturated heterocycles. The Bertz CT molecular complexity index is 8900. The Labute approximate surface area is 787 Å². The van der Waals surface area contributed by atoms with E-state index in [1.54, 1.807) is 0 Å². The van der Waals surface area contributed by atoms with E-state index in [2.05, 4.69) is 296 Å². The second-order valence-electron chi connectivity index (χ2n) is 33.7. The minimum atomic E-state index is 0.630. The van der Waals surface area contributed by atoms with Crippen LogP contribution in [0.5, 0.6) is 0 Å². The van der Waals surface area contributed by atoms with Crippen molar-refractivity contribution < 1.29 is 13.3 Å². The van der Waals surface area contributed by atoms with Crippen molar-refractivity contribution in [2.75, 3.05) is 0 Å². The Hall–Kier alpha value is -18.7. The molecule has 0 aliphatic carbocycles. The summed E-state index contributed by atoms with van der Waals surface area (Å²) in [7, 11) is 0. The lowest BCUT2D eigenvalue weighted by atomic mass is 9.95. The van der Waals surface area contributed by atoms with Crippen molar-refractivity contribution in [3.8, 4) is 169 Å². The number of hydrogen-bond donors (Lipinski definition) is 0. The van der Waals surface area contributed by atoms with E-state index in [0.717, 1.165) is 182 Å². The van der Waals surface area contributed by atoms with Gasteiger partial charge in [-0.25, -0.2) is 44.9 Å². The molecule has 13 heteroatoms. The molecular formula is C124H78N10O3. The number of aromatic nitrogens is 10. The lowest BCUT2D eigenvalue weighted by molar-refractivity contribution is 0.668. The van der Waals surface area contributed by atoms with E-state index in [0.29, 0.717) is 52.4 Å². The second kappa shape index (κ2) is 35.9. The van der Waals surface area contributed by atoms with Crippen LogP contribution in [-0.4, -0.2) is 49.8 Å². The van der Waals surface area contributed by atoms with Crippen molar-refractivity contribution in [1.29, 1.82) is 0 Å². The molecule has 7 aromatic heterocycles. The highest BCUT2D eigenvalue weighted by Crippen LogP contribution is 2.44. The number of pyridine rings is 1. The average molecular weight is 1760 g/mol. The summed E-state index contributed by atoms with van der Waals surface area (Å²) in [6.07, 6.45) is 3.80. The summed E-state index contributed by atoms with van der Waals surface area (Å²) in [5, 5.41) is 11.4. The molecule has 19 aromatic carbocycles. The van der Waals surface area contributed by atoms with Crippen LogP contribution in [0.15, 0.2) is 487 Å². The Morgan fingerprint density at radius 2 is 0.423 bits per heavy atom. The van der Waals surface area contributed by atoms with E-state index < -0.39 is 0 Å². The molecule has 642 valence electrons. The first-order chi connectivity index (χ1) is 67.8. The van der Waals surface area contributed by atoms with Gasteiger partial charge in [0.2, 0.25) is 0 Å². The summed E-state index contributed by atoms with van der Waals surface area (Å²) in [6.45, 7) is 0. The van der Waals surface area contributed by atoms with Gasteiger partial charge < -0.3 is 13.3 Å². The van der Waals surface area contributed by atoms with E-state index in [-0.39, 0.29) is 0 Å². The second-order valence-corrected chi connectivity index (χ2v) is 33.7. The minimum Gasteiger partial charge on any atom is -0.456 e. The smallest absolute Gasteiger partial charge is 0.164 e. The molecule has 26 aromatic rings. The van der Waals surface area contributed by atoms with Gasteiger partial charge >= 0.3 is 0 Å². The van der Waals surface area contributed by atoms with Crippen molar-refractivity contribution in [2.45, 2.75) is 0 Å². The molecule has 137 heavy (non-hydrogen) atoms. The Morgan fingerprint density at radius 1 is 0.139 bits per heavy atom. The summed E-state index contributed by atoms with van der Waals surface area (Å²) in [6, 6.07) is 158. The highest BCUT2D eigenvalue weighted by atomic mass is 16.3. The van der Waals surface area contributed by atoms with E-state index >= 15 is 0 Å². The van der Waals surface area contributed by atoms with Crippen molar-refractivity contribution in [1.82, 2.24) is 49.8 Å². The highest BCUT2D eigenvalue weighted by molar-refractivity contribution is 6.22. The quantitative estimate of drug-likeness (QED) is 0.0951. The zero-order valence-electron chi connectivity index (χ0n) is 73.7. The summed E-state index contributed by atoms with van der Waals surface area (Å²) in [5.74, 6) is 5.75. The fourth-order valence-electron chi connectivity index (χ4n) is 18.1. The fraction of sp³-hybridized carbons (Fsp3) is 0. The zero-order valence-corrected chi connectivity index (χ0v) is 73.7. The maximum Gasteiger partial charge on any atom is 0.164 e. The SMILES string of the molecule is c1ccc(-c2ccc(-c3nc(-c4ccccc4)nc(-c4ccc(-c5cc6ccccc6c6oc7ccccc7c56)cc4)n3)cc2)cc1.c1ccc(-c2ccc(-c3nc(-c4ccccc4)nc(-c4ccc(-c5ccc6c(c5)oc5ccc7ccccc7c56)cc4)n3)cc2)cc1.c1ccc(-c2nc(-c3ccccc3)nc(-c3ccc(-c4cncc(-c5ccc6oc7ccccc7c6c5)c4)cc3)n2)cc1. The normalized spacial score (nSPS) is 11.4. The first-order valence-electron chi connectivity index (χ1n) is 45.5. The van der Waals surface area contributed by atoms with Crippen LogP contribution in [0.25, 0.3) is 257 Å². The third kappa shape index (κ3) is 16.4. The van der Waals surface area contributed by atoms with Gasteiger partial charge in [0.15, 0.2) is 52.4 Å². The molecule has 0 aliphatic heterocycles. The maximum atomic E-state index is 6.44. The van der Waals surface area contributed by atoms with Gasteiger partial charge in [-0.1, -0.05) is 406 Å². The van der Waals surface area contributed by atoms with Crippen LogP contribution in [0.2, 0.25) is 0 Å². The molecule has 0 aliphatic rings. The third-order valence-electron chi connectivity index (χ3n) is 25.1. The number of fused-ring (bicyclic) bond motifs is 13. The summed E-state index contributed by atoms with van der Waals surface area (Å²) in [4.78, 5) is 48.7. The molecule has 0 fully saturated rings. The van der Waals surface area contributed by atoms with Crippen LogP contribution in [0.1, 0.15) is 0 Å². The molecule has 13 nitrogen and oxygen atoms in total. The Morgan fingerprint density at radius 3 is 0.876 bits per heavy atom.